The Bertz CT molecular complexity index is 288. The van der Waals surface area contributed by atoms with E-state index in [9.17, 15) is 0 Å². The number of nitrogens with zero attached hydrogens (tertiary/aromatic N) is 2. The molecule has 0 aliphatic carbocycles. The van der Waals surface area contributed by atoms with Gasteiger partial charge in [0.2, 0.25) is 0 Å². The van der Waals surface area contributed by atoms with E-state index in [2.05, 4.69) is 57.6 Å². The highest BCUT2D eigenvalue weighted by molar-refractivity contribution is 5.20. The third kappa shape index (κ3) is 9.94. The van der Waals surface area contributed by atoms with E-state index in [1.165, 1.54) is 0 Å². The van der Waals surface area contributed by atoms with E-state index in [0.29, 0.717) is 0 Å². The van der Waals surface area contributed by atoms with Crippen LogP contribution in [0.4, 0.5) is 0 Å². The van der Waals surface area contributed by atoms with E-state index < -0.39 is 0 Å². The second kappa shape index (κ2) is 11.9. The number of rotatable bonds is 0. The summed E-state index contributed by atoms with van der Waals surface area (Å²) in [6, 6.07) is 2.11. The summed E-state index contributed by atoms with van der Waals surface area (Å²) in [6.07, 6.45) is 1.67. The molecule has 1 rings (SSSR count). The highest BCUT2D eigenvalue weighted by Gasteiger charge is 2.20. The molecular weight excluding hydrogens is 244 g/mol. The fourth-order valence-corrected chi connectivity index (χ4v) is 1.18. The Hall–Kier alpha value is -0.920. The van der Waals surface area contributed by atoms with Crippen molar-refractivity contribution in [2.24, 2.45) is 0 Å². The summed E-state index contributed by atoms with van der Waals surface area (Å²) in [7, 11) is 0. The lowest BCUT2D eigenvalue weighted by molar-refractivity contribution is 0.537. The maximum Gasteiger partial charge on any atom is 0.115 e. The van der Waals surface area contributed by atoms with Gasteiger partial charge in [0.25, 0.3) is 0 Å². The van der Waals surface area contributed by atoms with Gasteiger partial charge in [-0.3, -0.25) is 0 Å². The van der Waals surface area contributed by atoms with Crippen LogP contribution in [0.5, 0.6) is 0 Å². The first-order valence-corrected chi connectivity index (χ1v) is 5.04. The van der Waals surface area contributed by atoms with E-state index >= 15 is 0 Å². The zero-order chi connectivity index (χ0) is 11.0. The molecule has 0 saturated carbocycles. The molecule has 1 aromatic rings. The molecule has 0 spiro atoms. The second-order valence-corrected chi connectivity index (χ2v) is 5.79. The van der Waals surface area contributed by atoms with Gasteiger partial charge in [0, 0.05) is 22.2 Å². The molecule has 0 radical (unpaired) electrons. The SMILES string of the molecule is C.C.C.C.C.C.CC(C)(C)c1cc(C(C)(C)C)ncn1. The molecule has 0 bridgehead atoms. The topological polar surface area (TPSA) is 25.8 Å². The van der Waals surface area contributed by atoms with E-state index in [4.69, 9.17) is 0 Å². The van der Waals surface area contributed by atoms with E-state index in [1.54, 1.807) is 6.33 Å². The van der Waals surface area contributed by atoms with Crippen LogP contribution in [-0.4, -0.2) is 9.97 Å². The lowest BCUT2D eigenvalue weighted by Gasteiger charge is -2.22. The third-order valence-electron chi connectivity index (χ3n) is 2.20. The minimum atomic E-state index is 0. The molecule has 0 saturated heterocycles. The Labute approximate surface area is 131 Å². The largest absolute Gasteiger partial charge is 0.241 e. The highest BCUT2D eigenvalue weighted by atomic mass is 14.9. The first-order valence-electron chi connectivity index (χ1n) is 5.04. The molecule has 126 valence electrons. The summed E-state index contributed by atoms with van der Waals surface area (Å²) in [5.41, 5.74) is 2.42. The van der Waals surface area contributed by atoms with Crippen LogP contribution in [0.3, 0.4) is 0 Å². The summed E-state index contributed by atoms with van der Waals surface area (Å²) >= 11 is 0. The van der Waals surface area contributed by atoms with Gasteiger partial charge in [0.15, 0.2) is 0 Å². The molecule has 0 aliphatic heterocycles. The summed E-state index contributed by atoms with van der Waals surface area (Å²) < 4.78 is 0. The van der Waals surface area contributed by atoms with Crippen LogP contribution in [0.2, 0.25) is 0 Å². The van der Waals surface area contributed by atoms with Gasteiger partial charge in [-0.1, -0.05) is 86.1 Å². The van der Waals surface area contributed by atoms with Crippen molar-refractivity contribution in [3.63, 3.8) is 0 Å². The number of hydrogen-bond acceptors (Lipinski definition) is 2. The van der Waals surface area contributed by atoms with Crippen molar-refractivity contribution in [3.8, 4) is 0 Å². The van der Waals surface area contributed by atoms with E-state index in [0.717, 1.165) is 11.4 Å². The predicted molar refractivity (Wildman–Crippen MR) is 99.8 cm³/mol. The Morgan fingerprint density at radius 1 is 0.600 bits per heavy atom. The van der Waals surface area contributed by atoms with Gasteiger partial charge in [-0.2, -0.15) is 0 Å². The molecule has 0 aliphatic rings. The van der Waals surface area contributed by atoms with E-state index in [1.807, 2.05) is 0 Å². The Kier molecular flexibility index (Phi) is 21.6. The maximum atomic E-state index is 4.31. The van der Waals surface area contributed by atoms with E-state index in [-0.39, 0.29) is 55.4 Å². The summed E-state index contributed by atoms with van der Waals surface area (Å²) in [5, 5.41) is 0. The van der Waals surface area contributed by atoms with Crippen LogP contribution >= 0.6 is 0 Å². The third-order valence-corrected chi connectivity index (χ3v) is 2.20. The second-order valence-electron chi connectivity index (χ2n) is 5.79. The van der Waals surface area contributed by atoms with Crippen LogP contribution in [0.15, 0.2) is 12.4 Å². The zero-order valence-corrected chi connectivity index (χ0v) is 10.0. The molecule has 0 fully saturated rings. The van der Waals surface area contributed by atoms with Crippen molar-refractivity contribution in [1.82, 2.24) is 9.97 Å². The predicted octanol–water partition coefficient (Wildman–Crippen LogP) is 6.89. The molecule has 1 heterocycles. The monoisotopic (exact) mass is 288 g/mol. The van der Waals surface area contributed by atoms with Crippen molar-refractivity contribution in [2.45, 2.75) is 96.9 Å². The summed E-state index contributed by atoms with van der Waals surface area (Å²) in [5.74, 6) is 0. The summed E-state index contributed by atoms with van der Waals surface area (Å²) in [4.78, 5) is 8.63. The van der Waals surface area contributed by atoms with Crippen molar-refractivity contribution in [3.05, 3.63) is 23.8 Å². The molecule has 0 unspecified atom stereocenters. The van der Waals surface area contributed by atoms with Gasteiger partial charge >= 0.3 is 0 Å². The van der Waals surface area contributed by atoms with Gasteiger partial charge in [-0.25, -0.2) is 9.97 Å². The molecule has 1 aromatic heterocycles. The van der Waals surface area contributed by atoms with Crippen LogP contribution < -0.4 is 0 Å². The molecule has 2 heteroatoms. The minimum Gasteiger partial charge on any atom is -0.241 e. The molecule has 20 heavy (non-hydrogen) atoms. The van der Waals surface area contributed by atoms with Gasteiger partial charge < -0.3 is 0 Å². The molecular formula is C18H44N2. The Morgan fingerprint density at radius 2 is 0.850 bits per heavy atom. The molecule has 0 aromatic carbocycles. The molecule has 0 N–H and O–H groups in total. The minimum absolute atomic E-state index is 0. The van der Waals surface area contributed by atoms with Gasteiger partial charge in [0.1, 0.15) is 6.33 Å². The van der Waals surface area contributed by atoms with Gasteiger partial charge in [0.05, 0.1) is 0 Å². The standard InChI is InChI=1S/C12H20N2.6CH4/c1-11(2,3)9-7-10(12(4,5)6)14-8-13-9;;;;;;/h7-8H,1-6H3;6*1H4. The van der Waals surface area contributed by atoms with Crippen LogP contribution in [0, 0.1) is 0 Å². The Balaban J connectivity index is -0.0000000817. The number of aromatic nitrogens is 2. The van der Waals surface area contributed by atoms with Crippen molar-refractivity contribution in [1.29, 1.82) is 0 Å². The maximum absolute atomic E-state index is 4.31. The van der Waals surface area contributed by atoms with Crippen LogP contribution in [-0.2, 0) is 10.8 Å². The number of hydrogen-bond donors (Lipinski definition) is 0. The quantitative estimate of drug-likeness (QED) is 0.519. The van der Waals surface area contributed by atoms with Crippen LogP contribution in [0.1, 0.15) is 97.5 Å². The lowest BCUT2D eigenvalue weighted by atomic mass is 9.87. The fourth-order valence-electron chi connectivity index (χ4n) is 1.18. The average Bonchev–Trinajstić information content (AvgIpc) is 2.01. The zero-order valence-electron chi connectivity index (χ0n) is 10.0. The van der Waals surface area contributed by atoms with Crippen LogP contribution in [0.25, 0.3) is 0 Å². The molecule has 2 nitrogen and oxygen atoms in total. The normalized spacial score (nSPS) is 9.10. The highest BCUT2D eigenvalue weighted by Crippen LogP contribution is 2.25. The van der Waals surface area contributed by atoms with Crippen molar-refractivity contribution in [2.75, 3.05) is 0 Å². The van der Waals surface area contributed by atoms with Crippen molar-refractivity contribution < 1.29 is 0 Å². The average molecular weight is 289 g/mol. The summed E-state index contributed by atoms with van der Waals surface area (Å²) in [6.45, 7) is 13.0. The smallest absolute Gasteiger partial charge is 0.115 e. The van der Waals surface area contributed by atoms with Gasteiger partial charge in [-0.05, 0) is 6.07 Å². The molecule has 0 amide bonds. The molecule has 0 atom stereocenters. The Morgan fingerprint density at radius 3 is 1.05 bits per heavy atom. The first kappa shape index (κ1) is 36.5. The first-order chi connectivity index (χ1) is 6.21. The van der Waals surface area contributed by atoms with Crippen molar-refractivity contribution >= 4 is 0 Å². The fraction of sp³-hybridized carbons (Fsp3) is 0.778. The lowest BCUT2D eigenvalue weighted by Crippen LogP contribution is -2.19. The van der Waals surface area contributed by atoms with Gasteiger partial charge in [-0.15, -0.1) is 0 Å².